The van der Waals surface area contributed by atoms with Crippen molar-refractivity contribution in [2.45, 2.75) is 18.7 Å². The number of anilines is 2. The van der Waals surface area contributed by atoms with Crippen LogP contribution in [0.15, 0.2) is 43.2 Å². The SMILES string of the molecule is C=CC(=O)N1CC[C@H](Oc2cc3c(Nc4ccc(F)c(Cl)c4Cl)ncnc3cc2OC)[C@H](F)C1. The van der Waals surface area contributed by atoms with Crippen LogP contribution in [0.2, 0.25) is 10.0 Å². The molecule has 7 nitrogen and oxygen atoms in total. The number of carbonyl (C=O) groups excluding carboxylic acids is 1. The summed E-state index contributed by atoms with van der Waals surface area (Å²) < 4.78 is 39.9. The number of piperidine rings is 1. The van der Waals surface area contributed by atoms with Gasteiger partial charge in [0.05, 0.1) is 34.9 Å². The molecule has 1 aliphatic rings. The topological polar surface area (TPSA) is 76.6 Å². The molecule has 1 amide bonds. The van der Waals surface area contributed by atoms with Gasteiger partial charge in [-0.15, -0.1) is 0 Å². The molecule has 1 aliphatic heterocycles. The quantitative estimate of drug-likeness (QED) is 0.358. The normalized spacial score (nSPS) is 18.0. The van der Waals surface area contributed by atoms with E-state index < -0.39 is 18.1 Å². The summed E-state index contributed by atoms with van der Waals surface area (Å²) in [6.45, 7) is 3.69. The Hall–Kier alpha value is -3.17. The average molecular weight is 509 g/mol. The third kappa shape index (κ3) is 4.71. The van der Waals surface area contributed by atoms with E-state index in [1.807, 2.05) is 0 Å². The smallest absolute Gasteiger partial charge is 0.246 e. The first-order valence-corrected chi connectivity index (χ1v) is 11.0. The highest BCUT2D eigenvalue weighted by atomic mass is 35.5. The minimum Gasteiger partial charge on any atom is -0.493 e. The molecule has 2 heterocycles. The Morgan fingerprint density at radius 1 is 1.26 bits per heavy atom. The van der Waals surface area contributed by atoms with Gasteiger partial charge in [-0.05, 0) is 24.3 Å². The molecule has 0 unspecified atom stereocenters. The molecule has 0 bridgehead atoms. The van der Waals surface area contributed by atoms with Crippen molar-refractivity contribution in [3.63, 3.8) is 0 Å². The number of benzene rings is 2. The van der Waals surface area contributed by atoms with E-state index in [4.69, 9.17) is 32.7 Å². The first kappa shape index (κ1) is 24.0. The van der Waals surface area contributed by atoms with Gasteiger partial charge in [0.2, 0.25) is 5.91 Å². The number of nitrogens with zero attached hydrogens (tertiary/aromatic N) is 3. The molecule has 4 rings (SSSR count). The summed E-state index contributed by atoms with van der Waals surface area (Å²) >= 11 is 12.1. The number of hydrogen-bond acceptors (Lipinski definition) is 6. The van der Waals surface area contributed by atoms with Crippen molar-refractivity contribution in [3.8, 4) is 11.5 Å². The van der Waals surface area contributed by atoms with E-state index >= 15 is 0 Å². The molecule has 2 atom stereocenters. The minimum absolute atomic E-state index is 0.000448. The average Bonchev–Trinajstić information content (AvgIpc) is 2.84. The van der Waals surface area contributed by atoms with Crippen LogP contribution in [0, 0.1) is 5.82 Å². The van der Waals surface area contributed by atoms with Gasteiger partial charge in [-0.25, -0.2) is 18.7 Å². The van der Waals surface area contributed by atoms with Gasteiger partial charge < -0.3 is 19.7 Å². The van der Waals surface area contributed by atoms with Crippen molar-refractivity contribution in [1.29, 1.82) is 0 Å². The Morgan fingerprint density at radius 2 is 2.06 bits per heavy atom. The van der Waals surface area contributed by atoms with Gasteiger partial charge in [0, 0.05) is 24.4 Å². The largest absolute Gasteiger partial charge is 0.493 e. The summed E-state index contributed by atoms with van der Waals surface area (Å²) in [7, 11) is 1.47. The fourth-order valence-corrected chi connectivity index (χ4v) is 4.04. The van der Waals surface area contributed by atoms with Crippen molar-refractivity contribution in [2.24, 2.45) is 0 Å². The number of halogens is 4. The number of nitrogens with one attached hydrogen (secondary N) is 1. The van der Waals surface area contributed by atoms with Crippen LogP contribution in [-0.2, 0) is 4.79 Å². The molecule has 11 heteroatoms. The highest BCUT2D eigenvalue weighted by Crippen LogP contribution is 2.38. The lowest BCUT2D eigenvalue weighted by Crippen LogP contribution is -2.48. The Bertz CT molecular complexity index is 1260. The molecular weight excluding hydrogens is 489 g/mol. The van der Waals surface area contributed by atoms with Crippen LogP contribution >= 0.6 is 23.2 Å². The molecule has 178 valence electrons. The first-order valence-electron chi connectivity index (χ1n) is 10.3. The summed E-state index contributed by atoms with van der Waals surface area (Å²) in [5, 5.41) is 3.34. The number of ether oxygens (including phenoxy) is 2. The number of carbonyl (C=O) groups is 1. The fraction of sp³-hybridized carbons (Fsp3) is 0.261. The Balaban J connectivity index is 1.65. The van der Waals surface area contributed by atoms with E-state index in [-0.39, 0.29) is 28.2 Å². The maximum atomic E-state index is 14.8. The second kappa shape index (κ2) is 9.99. The fourth-order valence-electron chi connectivity index (χ4n) is 3.67. The van der Waals surface area contributed by atoms with Crippen LogP contribution in [-0.4, -0.2) is 53.2 Å². The van der Waals surface area contributed by atoms with E-state index in [9.17, 15) is 13.6 Å². The van der Waals surface area contributed by atoms with Gasteiger partial charge in [-0.2, -0.15) is 0 Å². The second-order valence-corrected chi connectivity index (χ2v) is 8.30. The zero-order chi connectivity index (χ0) is 24.4. The zero-order valence-corrected chi connectivity index (χ0v) is 19.5. The van der Waals surface area contributed by atoms with Crippen molar-refractivity contribution in [3.05, 3.63) is 59.1 Å². The predicted octanol–water partition coefficient (Wildman–Crippen LogP) is 5.33. The monoisotopic (exact) mass is 508 g/mol. The number of likely N-dealkylation sites (tertiary alicyclic amines) is 1. The van der Waals surface area contributed by atoms with Crippen LogP contribution in [0.4, 0.5) is 20.3 Å². The molecule has 34 heavy (non-hydrogen) atoms. The van der Waals surface area contributed by atoms with Gasteiger partial charge >= 0.3 is 0 Å². The number of fused-ring (bicyclic) bond motifs is 1. The molecule has 0 saturated carbocycles. The number of amides is 1. The van der Waals surface area contributed by atoms with Crippen LogP contribution < -0.4 is 14.8 Å². The van der Waals surface area contributed by atoms with Crippen molar-refractivity contribution in [2.75, 3.05) is 25.5 Å². The molecule has 1 fully saturated rings. The number of alkyl halides is 1. The van der Waals surface area contributed by atoms with Crippen LogP contribution in [0.3, 0.4) is 0 Å². The van der Waals surface area contributed by atoms with E-state index in [2.05, 4.69) is 21.9 Å². The first-order chi connectivity index (χ1) is 16.3. The maximum Gasteiger partial charge on any atom is 0.246 e. The lowest BCUT2D eigenvalue weighted by atomic mass is 10.1. The van der Waals surface area contributed by atoms with Crippen molar-refractivity contribution >= 4 is 51.5 Å². The van der Waals surface area contributed by atoms with E-state index in [0.717, 1.165) is 6.08 Å². The lowest BCUT2D eigenvalue weighted by molar-refractivity contribution is -0.129. The van der Waals surface area contributed by atoms with E-state index in [1.165, 1.54) is 30.5 Å². The Kier molecular flexibility index (Phi) is 7.04. The number of methoxy groups -OCH3 is 1. The summed E-state index contributed by atoms with van der Waals surface area (Å²) in [5.74, 6) is 0.0259. The summed E-state index contributed by atoms with van der Waals surface area (Å²) in [6, 6.07) is 5.89. The molecule has 1 aromatic heterocycles. The highest BCUT2D eigenvalue weighted by molar-refractivity contribution is 6.43. The van der Waals surface area contributed by atoms with E-state index in [0.29, 0.717) is 41.1 Å². The molecule has 0 radical (unpaired) electrons. The minimum atomic E-state index is -1.40. The third-order valence-corrected chi connectivity index (χ3v) is 6.31. The van der Waals surface area contributed by atoms with Gasteiger partial charge in [0.1, 0.15) is 24.1 Å². The summed E-state index contributed by atoms with van der Waals surface area (Å²) in [4.78, 5) is 21.7. The van der Waals surface area contributed by atoms with Crippen LogP contribution in [0.5, 0.6) is 11.5 Å². The lowest BCUT2D eigenvalue weighted by Gasteiger charge is -2.34. The Morgan fingerprint density at radius 3 is 2.76 bits per heavy atom. The molecule has 0 spiro atoms. The highest BCUT2D eigenvalue weighted by Gasteiger charge is 2.33. The number of aromatic nitrogens is 2. The van der Waals surface area contributed by atoms with Crippen LogP contribution in [0.1, 0.15) is 6.42 Å². The molecule has 2 aromatic carbocycles. The molecule has 1 saturated heterocycles. The molecule has 1 N–H and O–H groups in total. The maximum absolute atomic E-state index is 14.8. The third-order valence-electron chi connectivity index (χ3n) is 5.46. The van der Waals surface area contributed by atoms with Gasteiger partial charge in [0.15, 0.2) is 17.7 Å². The number of rotatable bonds is 6. The standard InChI is InChI=1S/C23H20Cl2F2N4O3/c1-3-20(32)31-7-6-17(14(27)10-31)34-19-8-12-16(9-18(19)33-2)28-11-29-23(12)30-15-5-4-13(26)21(24)22(15)25/h3-5,8-9,11,14,17H,1,6-7,10H2,2H3,(H,28,29,30)/t14-,17+/m1/s1. The molecule has 3 aromatic rings. The predicted molar refractivity (Wildman–Crippen MR) is 126 cm³/mol. The van der Waals surface area contributed by atoms with Crippen LogP contribution in [0.25, 0.3) is 10.9 Å². The van der Waals surface area contributed by atoms with Gasteiger partial charge in [0.25, 0.3) is 0 Å². The summed E-state index contributed by atoms with van der Waals surface area (Å²) in [5.41, 5.74) is 0.865. The van der Waals surface area contributed by atoms with Crippen molar-refractivity contribution in [1.82, 2.24) is 14.9 Å². The van der Waals surface area contributed by atoms with Gasteiger partial charge in [-0.1, -0.05) is 29.8 Å². The second-order valence-electron chi connectivity index (χ2n) is 7.54. The zero-order valence-electron chi connectivity index (χ0n) is 18.0. The summed E-state index contributed by atoms with van der Waals surface area (Å²) in [6.07, 6.45) is 0.611. The number of hydrogen-bond donors (Lipinski definition) is 1. The molecule has 0 aliphatic carbocycles. The van der Waals surface area contributed by atoms with E-state index in [1.54, 1.807) is 12.1 Å². The Labute approximate surface area is 204 Å². The van der Waals surface area contributed by atoms with Crippen molar-refractivity contribution < 1.29 is 23.0 Å². The molecular formula is C23H20Cl2F2N4O3. The van der Waals surface area contributed by atoms with Gasteiger partial charge in [-0.3, -0.25) is 4.79 Å².